The van der Waals surface area contributed by atoms with Gasteiger partial charge in [-0.1, -0.05) is 24.9 Å². The number of carbonyl (C=O) groups excluding carboxylic acids is 2. The molecule has 0 bridgehead atoms. The summed E-state index contributed by atoms with van der Waals surface area (Å²) in [7, 11) is 2.02. The average Bonchev–Trinajstić information content (AvgIpc) is 3.18. The van der Waals surface area contributed by atoms with E-state index in [9.17, 15) is 9.59 Å². The van der Waals surface area contributed by atoms with E-state index in [1.54, 1.807) is 0 Å². The summed E-state index contributed by atoms with van der Waals surface area (Å²) in [5, 5.41) is 10.3. The van der Waals surface area contributed by atoms with Crippen LogP contribution in [0.2, 0.25) is 0 Å². The monoisotopic (exact) mass is 398 g/mol. The van der Waals surface area contributed by atoms with Crippen LogP contribution < -0.4 is 10.6 Å². The van der Waals surface area contributed by atoms with Crippen molar-refractivity contribution < 1.29 is 14.1 Å². The van der Waals surface area contributed by atoms with E-state index in [4.69, 9.17) is 4.52 Å². The van der Waals surface area contributed by atoms with Gasteiger partial charge in [-0.2, -0.15) is 4.98 Å². The Balaban J connectivity index is 0.00000210. The van der Waals surface area contributed by atoms with Gasteiger partial charge in [-0.25, -0.2) is 4.79 Å². The molecule has 9 nitrogen and oxygen atoms in total. The van der Waals surface area contributed by atoms with Crippen LogP contribution in [0.25, 0.3) is 0 Å². The molecular formula is C17H27ClN6O3. The van der Waals surface area contributed by atoms with Gasteiger partial charge in [0.15, 0.2) is 5.82 Å². The summed E-state index contributed by atoms with van der Waals surface area (Å²) in [6, 6.07) is -0.325. The molecule has 1 saturated carbocycles. The largest absolute Gasteiger partial charge is 0.337 e. The summed E-state index contributed by atoms with van der Waals surface area (Å²) in [5.41, 5.74) is -0.758. The SMILES string of the molecule is CC1CCCCC12NC(=O)N(Cc1nc(C3CNCCN3C)no1)C2=O.Cl. The number of amides is 3. The van der Waals surface area contributed by atoms with E-state index in [-0.39, 0.29) is 42.8 Å². The molecule has 1 aromatic rings. The van der Waals surface area contributed by atoms with Crippen molar-refractivity contribution in [2.75, 3.05) is 26.7 Å². The molecule has 150 valence electrons. The van der Waals surface area contributed by atoms with Crippen LogP contribution in [-0.4, -0.2) is 64.1 Å². The van der Waals surface area contributed by atoms with Crippen LogP contribution in [0.3, 0.4) is 0 Å². The Bertz CT molecular complexity index is 713. The number of rotatable bonds is 3. The van der Waals surface area contributed by atoms with E-state index < -0.39 is 5.54 Å². The molecule has 2 N–H and O–H groups in total. The second kappa shape index (κ2) is 7.73. The van der Waals surface area contributed by atoms with Crippen LogP contribution in [0.1, 0.15) is 50.4 Å². The molecule has 3 unspecified atom stereocenters. The number of carbonyl (C=O) groups is 2. The summed E-state index contributed by atoms with van der Waals surface area (Å²) < 4.78 is 5.34. The molecule has 0 radical (unpaired) electrons. The summed E-state index contributed by atoms with van der Waals surface area (Å²) in [6.45, 7) is 4.65. The quantitative estimate of drug-likeness (QED) is 0.734. The first-order chi connectivity index (χ1) is 12.5. The Labute approximate surface area is 164 Å². The van der Waals surface area contributed by atoms with Crippen LogP contribution in [0.5, 0.6) is 0 Å². The zero-order chi connectivity index (χ0) is 18.3. The molecule has 3 amide bonds. The van der Waals surface area contributed by atoms with Gasteiger partial charge < -0.3 is 15.2 Å². The highest BCUT2D eigenvalue weighted by Crippen LogP contribution is 2.38. The predicted octanol–water partition coefficient (Wildman–Crippen LogP) is 1.07. The molecule has 4 rings (SSSR count). The van der Waals surface area contributed by atoms with Crippen molar-refractivity contribution >= 4 is 24.3 Å². The second-order valence-electron chi connectivity index (χ2n) is 7.69. The first kappa shape index (κ1) is 20.0. The first-order valence-electron chi connectivity index (χ1n) is 9.39. The number of halogens is 1. The Morgan fingerprint density at radius 1 is 1.33 bits per heavy atom. The highest BCUT2D eigenvalue weighted by atomic mass is 35.5. The van der Waals surface area contributed by atoms with Crippen molar-refractivity contribution in [2.45, 2.75) is 50.7 Å². The van der Waals surface area contributed by atoms with E-state index in [1.807, 2.05) is 14.0 Å². The average molecular weight is 399 g/mol. The molecule has 2 saturated heterocycles. The zero-order valence-corrected chi connectivity index (χ0v) is 16.5. The van der Waals surface area contributed by atoms with E-state index in [0.29, 0.717) is 18.1 Å². The highest BCUT2D eigenvalue weighted by molar-refractivity contribution is 6.07. The molecule has 1 spiro atoms. The van der Waals surface area contributed by atoms with E-state index in [0.717, 1.165) is 38.9 Å². The van der Waals surface area contributed by atoms with Crippen molar-refractivity contribution in [3.63, 3.8) is 0 Å². The molecule has 3 atom stereocenters. The smallest absolute Gasteiger partial charge is 0.325 e. The lowest BCUT2D eigenvalue weighted by atomic mass is 9.73. The Morgan fingerprint density at radius 2 is 2.15 bits per heavy atom. The van der Waals surface area contributed by atoms with Crippen LogP contribution in [-0.2, 0) is 11.3 Å². The highest BCUT2D eigenvalue weighted by Gasteiger charge is 2.55. The molecular weight excluding hydrogens is 372 g/mol. The van der Waals surface area contributed by atoms with Gasteiger partial charge in [-0.3, -0.25) is 14.6 Å². The topological polar surface area (TPSA) is 104 Å². The van der Waals surface area contributed by atoms with Gasteiger partial charge >= 0.3 is 6.03 Å². The molecule has 1 aromatic heterocycles. The third-order valence-corrected chi connectivity index (χ3v) is 6.09. The van der Waals surface area contributed by atoms with E-state index >= 15 is 0 Å². The normalized spacial score (nSPS) is 31.9. The zero-order valence-electron chi connectivity index (χ0n) is 15.7. The van der Waals surface area contributed by atoms with E-state index in [2.05, 4.69) is 25.7 Å². The molecule has 1 aliphatic carbocycles. The number of aromatic nitrogens is 2. The minimum Gasteiger partial charge on any atom is -0.337 e. The molecule has 3 heterocycles. The van der Waals surface area contributed by atoms with Gasteiger partial charge in [0, 0.05) is 19.6 Å². The molecule has 3 aliphatic rings. The minimum absolute atomic E-state index is 0. The van der Waals surface area contributed by atoms with E-state index in [1.165, 1.54) is 4.90 Å². The Kier molecular flexibility index (Phi) is 5.73. The van der Waals surface area contributed by atoms with Crippen LogP contribution in [0, 0.1) is 5.92 Å². The van der Waals surface area contributed by atoms with Gasteiger partial charge in [0.1, 0.15) is 12.1 Å². The van der Waals surface area contributed by atoms with Gasteiger partial charge in [0.2, 0.25) is 5.89 Å². The molecule has 27 heavy (non-hydrogen) atoms. The molecule has 2 aliphatic heterocycles. The standard InChI is InChI=1S/C17H26N6O3.ClH/c1-11-5-3-4-6-17(11)15(24)23(16(25)20-17)10-13-19-14(21-26-13)12-9-18-7-8-22(12)2;/h11-12,18H,3-10H2,1-2H3,(H,20,25);1H. The number of urea groups is 1. The summed E-state index contributed by atoms with van der Waals surface area (Å²) in [5.74, 6) is 0.856. The predicted molar refractivity (Wildman–Crippen MR) is 99.2 cm³/mol. The third-order valence-electron chi connectivity index (χ3n) is 6.09. The molecule has 0 aromatic carbocycles. The fraction of sp³-hybridized carbons (Fsp3) is 0.765. The number of piperazine rings is 1. The van der Waals surface area contributed by atoms with Gasteiger partial charge in [0.25, 0.3) is 5.91 Å². The summed E-state index contributed by atoms with van der Waals surface area (Å²) in [4.78, 5) is 33.3. The van der Waals surface area contributed by atoms with Crippen molar-refractivity contribution in [2.24, 2.45) is 5.92 Å². The third kappa shape index (κ3) is 3.43. The fourth-order valence-corrected chi connectivity index (χ4v) is 4.34. The number of likely N-dealkylation sites (N-methyl/N-ethyl adjacent to an activating group) is 1. The lowest BCUT2D eigenvalue weighted by Crippen LogP contribution is -2.53. The van der Waals surface area contributed by atoms with Crippen LogP contribution in [0.4, 0.5) is 4.79 Å². The van der Waals surface area contributed by atoms with Gasteiger partial charge in [0.05, 0.1) is 6.04 Å². The van der Waals surface area contributed by atoms with Gasteiger partial charge in [-0.15, -0.1) is 12.4 Å². The maximum absolute atomic E-state index is 13.0. The van der Waals surface area contributed by atoms with Crippen LogP contribution in [0.15, 0.2) is 4.52 Å². The number of hydrogen-bond donors (Lipinski definition) is 2. The lowest BCUT2D eigenvalue weighted by Gasteiger charge is -2.36. The minimum atomic E-state index is -0.758. The first-order valence-corrected chi connectivity index (χ1v) is 9.39. The number of nitrogens with one attached hydrogen (secondary N) is 2. The van der Waals surface area contributed by atoms with Crippen LogP contribution >= 0.6 is 12.4 Å². The number of nitrogens with zero attached hydrogens (tertiary/aromatic N) is 4. The van der Waals surface area contributed by atoms with Crippen molar-refractivity contribution in [1.29, 1.82) is 0 Å². The maximum Gasteiger partial charge on any atom is 0.325 e. The second-order valence-corrected chi connectivity index (χ2v) is 7.69. The summed E-state index contributed by atoms with van der Waals surface area (Å²) >= 11 is 0. The summed E-state index contributed by atoms with van der Waals surface area (Å²) in [6.07, 6.45) is 3.70. The lowest BCUT2D eigenvalue weighted by molar-refractivity contribution is -0.134. The Hall–Kier alpha value is -1.71. The van der Waals surface area contributed by atoms with Crippen molar-refractivity contribution in [3.05, 3.63) is 11.7 Å². The Morgan fingerprint density at radius 3 is 2.89 bits per heavy atom. The number of imide groups is 1. The number of hydrogen-bond acceptors (Lipinski definition) is 7. The van der Waals surface area contributed by atoms with Crippen molar-refractivity contribution in [3.8, 4) is 0 Å². The maximum atomic E-state index is 13.0. The van der Waals surface area contributed by atoms with Gasteiger partial charge in [-0.05, 0) is 25.8 Å². The molecule has 3 fully saturated rings. The molecule has 10 heteroatoms. The van der Waals surface area contributed by atoms with Crippen molar-refractivity contribution in [1.82, 2.24) is 30.6 Å². The fourth-order valence-electron chi connectivity index (χ4n) is 4.34.